The first kappa shape index (κ1) is 8.80. The zero-order valence-electron chi connectivity index (χ0n) is 6.95. The molecule has 0 bridgehead atoms. The normalized spacial score (nSPS) is 9.50. The van der Waals surface area contributed by atoms with E-state index < -0.39 is 0 Å². The van der Waals surface area contributed by atoms with Gasteiger partial charge in [0.25, 0.3) is 0 Å². The first-order valence-electron chi connectivity index (χ1n) is 3.71. The highest BCUT2D eigenvalue weighted by Crippen LogP contribution is 2.10. The summed E-state index contributed by atoms with van der Waals surface area (Å²) >= 11 is 0. The second kappa shape index (κ2) is 4.56. The fourth-order valence-corrected chi connectivity index (χ4v) is 0.790. The van der Waals surface area contributed by atoms with E-state index >= 15 is 0 Å². The van der Waals surface area contributed by atoms with Crippen LogP contribution in [0.4, 0.5) is 5.82 Å². The molecule has 0 radical (unpaired) electrons. The Hall–Kier alpha value is -1.29. The molecule has 1 aromatic rings. The van der Waals surface area contributed by atoms with Gasteiger partial charge in [0.2, 0.25) is 0 Å². The van der Waals surface area contributed by atoms with Gasteiger partial charge in [-0.1, -0.05) is 0 Å². The number of aromatic nitrogens is 1. The lowest BCUT2D eigenvalue weighted by molar-refractivity contribution is 0.311. The van der Waals surface area contributed by atoms with Gasteiger partial charge in [0.1, 0.15) is 11.6 Å². The van der Waals surface area contributed by atoms with Crippen LogP contribution in [0.5, 0.6) is 5.75 Å². The van der Waals surface area contributed by atoms with Crippen molar-refractivity contribution in [2.24, 2.45) is 0 Å². The Kier molecular flexibility index (Phi) is 3.35. The lowest BCUT2D eigenvalue weighted by Gasteiger charge is -2.03. The van der Waals surface area contributed by atoms with Crippen LogP contribution in [0.15, 0.2) is 18.3 Å². The third-order valence-corrected chi connectivity index (χ3v) is 1.39. The van der Waals surface area contributed by atoms with Crippen molar-refractivity contribution in [2.75, 3.05) is 25.6 Å². The number of nitrogens with zero attached hydrogens (tertiary/aromatic N) is 1. The monoisotopic (exact) mass is 168 g/mol. The number of methoxy groups -OCH3 is 1. The molecule has 4 nitrogen and oxygen atoms in total. The highest BCUT2D eigenvalue weighted by Gasteiger charge is 1.92. The molecule has 1 rings (SSSR count). The van der Waals surface area contributed by atoms with Crippen molar-refractivity contribution in [2.45, 2.75) is 0 Å². The summed E-state index contributed by atoms with van der Waals surface area (Å²) in [6.07, 6.45) is 1.62. The predicted molar refractivity (Wildman–Crippen MR) is 46.4 cm³/mol. The summed E-state index contributed by atoms with van der Waals surface area (Å²) in [6, 6.07) is 3.61. The van der Waals surface area contributed by atoms with Gasteiger partial charge in [-0.25, -0.2) is 4.98 Å². The maximum absolute atomic E-state index is 8.51. The van der Waals surface area contributed by atoms with E-state index in [-0.39, 0.29) is 6.61 Å². The second-order valence-electron chi connectivity index (χ2n) is 2.23. The third kappa shape index (κ3) is 2.39. The molecule has 4 heteroatoms. The van der Waals surface area contributed by atoms with Crippen LogP contribution >= 0.6 is 0 Å². The molecule has 66 valence electrons. The van der Waals surface area contributed by atoms with E-state index in [4.69, 9.17) is 9.84 Å². The van der Waals surface area contributed by atoms with Crippen molar-refractivity contribution >= 4 is 5.82 Å². The topological polar surface area (TPSA) is 54.4 Å². The minimum atomic E-state index is 0.105. The van der Waals surface area contributed by atoms with Gasteiger partial charge in [-0.15, -0.1) is 0 Å². The van der Waals surface area contributed by atoms with E-state index in [2.05, 4.69) is 10.3 Å². The van der Waals surface area contributed by atoms with Crippen LogP contribution in [0.3, 0.4) is 0 Å². The number of hydrogen-bond acceptors (Lipinski definition) is 4. The third-order valence-electron chi connectivity index (χ3n) is 1.39. The molecule has 1 heterocycles. The molecule has 0 fully saturated rings. The van der Waals surface area contributed by atoms with Crippen LogP contribution in [0.1, 0.15) is 0 Å². The van der Waals surface area contributed by atoms with Crippen LogP contribution in [0.2, 0.25) is 0 Å². The van der Waals surface area contributed by atoms with Crippen LogP contribution in [-0.2, 0) is 0 Å². The Balaban J connectivity index is 2.53. The zero-order chi connectivity index (χ0) is 8.81. The minimum absolute atomic E-state index is 0.105. The summed E-state index contributed by atoms with van der Waals surface area (Å²) in [6.45, 7) is 0.618. The van der Waals surface area contributed by atoms with Gasteiger partial charge >= 0.3 is 0 Å². The smallest absolute Gasteiger partial charge is 0.137 e. The highest BCUT2D eigenvalue weighted by molar-refractivity contribution is 5.37. The summed E-state index contributed by atoms with van der Waals surface area (Å²) in [4.78, 5) is 4.04. The molecule has 0 saturated heterocycles. The van der Waals surface area contributed by atoms with E-state index in [9.17, 15) is 0 Å². The number of nitrogens with one attached hydrogen (secondary N) is 1. The number of aliphatic hydroxyl groups excluding tert-OH is 1. The van der Waals surface area contributed by atoms with E-state index in [1.54, 1.807) is 19.4 Å². The van der Waals surface area contributed by atoms with E-state index in [1.807, 2.05) is 6.07 Å². The predicted octanol–water partition coefficient (Wildman–Crippen LogP) is 0.494. The van der Waals surface area contributed by atoms with Gasteiger partial charge in [-0.3, -0.25) is 0 Å². The van der Waals surface area contributed by atoms with Gasteiger partial charge in [-0.2, -0.15) is 0 Å². The fourth-order valence-electron chi connectivity index (χ4n) is 0.790. The fraction of sp³-hybridized carbons (Fsp3) is 0.375. The molecule has 0 aliphatic heterocycles. The molecule has 0 aliphatic carbocycles. The molecule has 0 unspecified atom stereocenters. The maximum atomic E-state index is 8.51. The molecule has 1 aromatic heterocycles. The quantitative estimate of drug-likeness (QED) is 0.687. The molecule has 0 atom stereocenters. The lowest BCUT2D eigenvalue weighted by atomic mass is 10.4. The average Bonchev–Trinajstić information content (AvgIpc) is 2.15. The minimum Gasteiger partial charge on any atom is -0.495 e. The number of anilines is 1. The van der Waals surface area contributed by atoms with E-state index in [0.717, 1.165) is 11.6 Å². The zero-order valence-corrected chi connectivity index (χ0v) is 6.95. The molecule has 0 saturated carbocycles. The average molecular weight is 168 g/mol. The largest absolute Gasteiger partial charge is 0.495 e. The van der Waals surface area contributed by atoms with Gasteiger partial charge < -0.3 is 15.2 Å². The molecule has 0 aliphatic rings. The standard InChI is InChI=1S/C8H12N2O2/c1-12-7-2-3-8(10-6-7)9-4-5-11/h2-3,6,11H,4-5H2,1H3,(H,9,10). The number of hydrogen-bond donors (Lipinski definition) is 2. The number of ether oxygens (including phenoxy) is 1. The first-order chi connectivity index (χ1) is 5.86. The van der Waals surface area contributed by atoms with Crippen molar-refractivity contribution in [1.82, 2.24) is 4.98 Å². The second-order valence-corrected chi connectivity index (χ2v) is 2.23. The van der Waals surface area contributed by atoms with Crippen LogP contribution in [-0.4, -0.2) is 30.4 Å². The van der Waals surface area contributed by atoms with Crippen molar-refractivity contribution in [3.8, 4) is 5.75 Å². The first-order valence-corrected chi connectivity index (χ1v) is 3.71. The molecule has 0 amide bonds. The van der Waals surface area contributed by atoms with Crippen molar-refractivity contribution in [3.63, 3.8) is 0 Å². The molecule has 0 spiro atoms. The van der Waals surface area contributed by atoms with Crippen LogP contribution < -0.4 is 10.1 Å². The summed E-state index contributed by atoms with van der Waals surface area (Å²) in [7, 11) is 1.60. The Morgan fingerprint density at radius 1 is 1.58 bits per heavy atom. The Morgan fingerprint density at radius 3 is 2.92 bits per heavy atom. The Morgan fingerprint density at radius 2 is 2.42 bits per heavy atom. The number of rotatable bonds is 4. The number of aliphatic hydroxyl groups is 1. The molecular weight excluding hydrogens is 156 g/mol. The molecule has 0 aromatic carbocycles. The van der Waals surface area contributed by atoms with Gasteiger partial charge in [0.05, 0.1) is 19.9 Å². The maximum Gasteiger partial charge on any atom is 0.137 e. The molecule has 2 N–H and O–H groups in total. The Bertz CT molecular complexity index is 223. The number of pyridine rings is 1. The van der Waals surface area contributed by atoms with Crippen molar-refractivity contribution in [3.05, 3.63) is 18.3 Å². The van der Waals surface area contributed by atoms with Gasteiger partial charge in [0.15, 0.2) is 0 Å². The summed E-state index contributed by atoms with van der Waals surface area (Å²) < 4.78 is 4.93. The van der Waals surface area contributed by atoms with Crippen LogP contribution in [0, 0.1) is 0 Å². The Labute approximate surface area is 71.2 Å². The SMILES string of the molecule is COc1ccc(NCCO)nc1. The van der Waals surface area contributed by atoms with Gasteiger partial charge in [0, 0.05) is 6.54 Å². The van der Waals surface area contributed by atoms with Gasteiger partial charge in [-0.05, 0) is 12.1 Å². The van der Waals surface area contributed by atoms with Crippen molar-refractivity contribution in [1.29, 1.82) is 0 Å². The van der Waals surface area contributed by atoms with E-state index in [0.29, 0.717) is 6.54 Å². The molecular formula is C8H12N2O2. The summed E-state index contributed by atoms with van der Waals surface area (Å²) in [5.41, 5.74) is 0. The highest BCUT2D eigenvalue weighted by atomic mass is 16.5. The summed E-state index contributed by atoms with van der Waals surface area (Å²) in [5.74, 6) is 1.47. The van der Waals surface area contributed by atoms with E-state index in [1.165, 1.54) is 0 Å². The van der Waals surface area contributed by atoms with Crippen molar-refractivity contribution < 1.29 is 9.84 Å². The molecule has 12 heavy (non-hydrogen) atoms. The van der Waals surface area contributed by atoms with Crippen LogP contribution in [0.25, 0.3) is 0 Å². The lowest BCUT2D eigenvalue weighted by Crippen LogP contribution is -2.06. The summed E-state index contributed by atoms with van der Waals surface area (Å²) in [5, 5.41) is 11.4.